The Kier molecular flexibility index (Phi) is 7.42. The first-order valence-electron chi connectivity index (χ1n) is 12.5. The summed E-state index contributed by atoms with van der Waals surface area (Å²) in [7, 11) is 1.56. The summed E-state index contributed by atoms with van der Waals surface area (Å²) in [5, 5.41) is 2.33. The predicted octanol–water partition coefficient (Wildman–Crippen LogP) is 3.58. The van der Waals surface area contributed by atoms with E-state index in [-0.39, 0.29) is 29.7 Å². The van der Waals surface area contributed by atoms with Crippen molar-refractivity contribution >= 4 is 11.8 Å². The third kappa shape index (κ3) is 5.14. The molecule has 1 unspecified atom stereocenters. The quantitative estimate of drug-likeness (QED) is 0.494. The van der Waals surface area contributed by atoms with E-state index in [1.807, 2.05) is 6.07 Å². The highest BCUT2D eigenvalue weighted by Crippen LogP contribution is 2.34. The van der Waals surface area contributed by atoms with Gasteiger partial charge in [-0.25, -0.2) is 13.2 Å². The van der Waals surface area contributed by atoms with Crippen molar-refractivity contribution in [3.63, 3.8) is 0 Å². The number of ether oxygens (including phenoxy) is 2. The molecule has 2 bridgehead atoms. The average molecular weight is 542 g/mol. The lowest BCUT2D eigenvalue weighted by atomic mass is 10.0. The van der Waals surface area contributed by atoms with Crippen LogP contribution in [0.4, 0.5) is 13.2 Å². The van der Waals surface area contributed by atoms with E-state index >= 15 is 0 Å². The Balaban J connectivity index is 1.56. The molecule has 1 N–H and O–H groups in total. The van der Waals surface area contributed by atoms with E-state index in [4.69, 9.17) is 9.47 Å². The van der Waals surface area contributed by atoms with Crippen LogP contribution in [0.1, 0.15) is 50.9 Å². The van der Waals surface area contributed by atoms with E-state index in [9.17, 15) is 27.6 Å². The molecular formula is C28H26F3N3O5. The molecule has 1 saturated heterocycles. The first-order valence-corrected chi connectivity index (χ1v) is 12.5. The van der Waals surface area contributed by atoms with E-state index in [1.54, 1.807) is 40.8 Å². The molecule has 1 fully saturated rings. The van der Waals surface area contributed by atoms with Gasteiger partial charge in [0, 0.05) is 50.6 Å². The van der Waals surface area contributed by atoms with Crippen molar-refractivity contribution in [3.05, 3.63) is 98.7 Å². The van der Waals surface area contributed by atoms with Crippen LogP contribution in [0, 0.1) is 17.5 Å². The van der Waals surface area contributed by atoms with Crippen molar-refractivity contribution in [2.75, 3.05) is 20.2 Å². The first kappa shape index (κ1) is 26.5. The van der Waals surface area contributed by atoms with Crippen LogP contribution in [-0.4, -0.2) is 47.6 Å². The second kappa shape index (κ2) is 10.9. The molecule has 39 heavy (non-hydrogen) atoms. The molecule has 204 valence electrons. The van der Waals surface area contributed by atoms with Gasteiger partial charge in [0.25, 0.3) is 11.8 Å². The van der Waals surface area contributed by atoms with Crippen molar-refractivity contribution in [1.29, 1.82) is 0 Å². The van der Waals surface area contributed by atoms with Crippen LogP contribution in [0.3, 0.4) is 0 Å². The number of hydrogen-bond acceptors (Lipinski definition) is 5. The number of hydrogen-bond donors (Lipinski definition) is 1. The molecule has 0 aliphatic carbocycles. The lowest BCUT2D eigenvalue weighted by Gasteiger charge is -2.37. The number of methoxy groups -OCH3 is 1. The van der Waals surface area contributed by atoms with E-state index in [2.05, 4.69) is 5.32 Å². The maximum atomic E-state index is 14.1. The summed E-state index contributed by atoms with van der Waals surface area (Å²) in [5.41, 5.74) is -1.01. The predicted molar refractivity (Wildman–Crippen MR) is 134 cm³/mol. The number of nitrogens with zero attached hydrogens (tertiary/aromatic N) is 2. The number of carbonyl (C=O) groups excluding carboxylic acids is 2. The molecule has 3 heterocycles. The molecule has 0 saturated carbocycles. The Morgan fingerprint density at radius 2 is 1.82 bits per heavy atom. The maximum Gasteiger partial charge on any atom is 0.274 e. The second-order valence-electron chi connectivity index (χ2n) is 9.50. The minimum atomic E-state index is -1.17. The van der Waals surface area contributed by atoms with Gasteiger partial charge in [-0.15, -0.1) is 0 Å². The van der Waals surface area contributed by atoms with E-state index in [0.717, 1.165) is 5.56 Å². The number of rotatable bonds is 7. The third-order valence-corrected chi connectivity index (χ3v) is 7.10. The normalized spacial score (nSPS) is 18.4. The van der Waals surface area contributed by atoms with Crippen LogP contribution >= 0.6 is 0 Å². The standard InChI is InChI=1S/C28H26F3N3O5/c1-38-23-8-5-9-33-14-22(23)34-13-19(27(36)32-12-18-20(30)10-17(29)11-21(18)31)25(35)26(24(34)28(33)37)39-15-16-6-3-2-4-7-16/h2-4,6-7,10-11,13,22-23H,5,8-9,12,14-15H2,1H3,(H,32,36)/t22?,23-/m1/s1. The van der Waals surface area contributed by atoms with Gasteiger partial charge in [-0.1, -0.05) is 30.3 Å². The molecule has 2 atom stereocenters. The van der Waals surface area contributed by atoms with Gasteiger partial charge < -0.3 is 24.3 Å². The number of benzene rings is 2. The van der Waals surface area contributed by atoms with Crippen LogP contribution in [0.15, 0.2) is 53.5 Å². The molecule has 2 aromatic carbocycles. The minimum absolute atomic E-state index is 0.0169. The molecule has 3 aromatic rings. The highest BCUT2D eigenvalue weighted by molar-refractivity contribution is 5.99. The Morgan fingerprint density at radius 3 is 2.51 bits per heavy atom. The monoisotopic (exact) mass is 541 g/mol. The fourth-order valence-corrected chi connectivity index (χ4v) is 5.10. The van der Waals surface area contributed by atoms with Gasteiger partial charge in [0.2, 0.25) is 5.43 Å². The molecule has 0 spiro atoms. The fourth-order valence-electron chi connectivity index (χ4n) is 5.10. The zero-order valence-electron chi connectivity index (χ0n) is 21.1. The van der Waals surface area contributed by atoms with Gasteiger partial charge in [0.05, 0.1) is 12.1 Å². The molecule has 0 radical (unpaired) electrons. The topological polar surface area (TPSA) is 89.9 Å². The van der Waals surface area contributed by atoms with Crippen molar-refractivity contribution in [3.8, 4) is 5.75 Å². The number of nitrogens with one attached hydrogen (secondary N) is 1. The Labute approximate surface area is 221 Å². The van der Waals surface area contributed by atoms with Gasteiger partial charge in [0.15, 0.2) is 11.4 Å². The van der Waals surface area contributed by atoms with Gasteiger partial charge in [-0.05, 0) is 18.4 Å². The van der Waals surface area contributed by atoms with Gasteiger partial charge >= 0.3 is 0 Å². The maximum absolute atomic E-state index is 14.1. The van der Waals surface area contributed by atoms with Crippen LogP contribution in [-0.2, 0) is 17.9 Å². The molecule has 2 amide bonds. The minimum Gasteiger partial charge on any atom is -0.483 e. The van der Waals surface area contributed by atoms with Gasteiger partial charge in [-0.2, -0.15) is 0 Å². The lowest BCUT2D eigenvalue weighted by molar-refractivity contribution is 0.0349. The fraction of sp³-hybridized carbons (Fsp3) is 0.321. The van der Waals surface area contributed by atoms with Gasteiger partial charge in [-0.3, -0.25) is 14.4 Å². The summed E-state index contributed by atoms with van der Waals surface area (Å²) < 4.78 is 54.7. The smallest absolute Gasteiger partial charge is 0.274 e. The number of halogens is 3. The largest absolute Gasteiger partial charge is 0.483 e. The molecule has 1 aromatic heterocycles. The average Bonchev–Trinajstić information content (AvgIpc) is 3.11. The number of aromatic nitrogens is 1. The molecule has 2 aliphatic rings. The van der Waals surface area contributed by atoms with Crippen molar-refractivity contribution < 1.29 is 32.2 Å². The number of fused-ring (bicyclic) bond motifs is 4. The molecular weight excluding hydrogens is 515 g/mol. The molecule has 8 nitrogen and oxygen atoms in total. The molecule has 5 rings (SSSR count). The lowest BCUT2D eigenvalue weighted by Crippen LogP contribution is -2.47. The van der Waals surface area contributed by atoms with E-state index in [0.29, 0.717) is 38.1 Å². The van der Waals surface area contributed by atoms with Crippen molar-refractivity contribution in [1.82, 2.24) is 14.8 Å². The molecule has 2 aliphatic heterocycles. The van der Waals surface area contributed by atoms with Crippen molar-refractivity contribution in [2.45, 2.75) is 38.1 Å². The summed E-state index contributed by atoms with van der Waals surface area (Å²) in [5.74, 6) is -5.06. The highest BCUT2D eigenvalue weighted by atomic mass is 19.1. The van der Waals surface area contributed by atoms with E-state index in [1.165, 1.54) is 6.20 Å². The summed E-state index contributed by atoms with van der Waals surface area (Å²) in [6.07, 6.45) is 2.32. The Bertz CT molecular complexity index is 1450. The summed E-state index contributed by atoms with van der Waals surface area (Å²) in [6.45, 7) is 0.137. The third-order valence-electron chi connectivity index (χ3n) is 7.10. The zero-order valence-corrected chi connectivity index (χ0v) is 21.1. The van der Waals surface area contributed by atoms with Crippen LogP contribution in [0.25, 0.3) is 0 Å². The summed E-state index contributed by atoms with van der Waals surface area (Å²) in [6, 6.07) is 9.61. The second-order valence-corrected chi connectivity index (χ2v) is 9.50. The number of carbonyl (C=O) groups is 2. The molecule has 11 heteroatoms. The number of pyridine rings is 1. The van der Waals surface area contributed by atoms with Crippen LogP contribution in [0.2, 0.25) is 0 Å². The highest BCUT2D eigenvalue weighted by Gasteiger charge is 2.41. The first-order chi connectivity index (χ1) is 18.8. The Morgan fingerprint density at radius 1 is 1.10 bits per heavy atom. The summed E-state index contributed by atoms with van der Waals surface area (Å²) in [4.78, 5) is 41.9. The number of amides is 2. The van der Waals surface area contributed by atoms with Crippen molar-refractivity contribution in [2.24, 2.45) is 0 Å². The summed E-state index contributed by atoms with van der Waals surface area (Å²) >= 11 is 0. The van der Waals surface area contributed by atoms with Crippen LogP contribution in [0.5, 0.6) is 5.75 Å². The van der Waals surface area contributed by atoms with E-state index < -0.39 is 52.8 Å². The van der Waals surface area contributed by atoms with Crippen LogP contribution < -0.4 is 15.5 Å². The SMILES string of the molecule is CO[C@@H]1CCCN2CC1n1cc(C(=O)NCc3c(F)cc(F)cc3F)c(=O)c(OCc3ccccc3)c1C2=O. The Hall–Kier alpha value is -4.12. The van der Waals surface area contributed by atoms with Gasteiger partial charge in [0.1, 0.15) is 29.6 Å². The zero-order chi connectivity index (χ0) is 27.7.